The van der Waals surface area contributed by atoms with E-state index in [9.17, 15) is 4.79 Å². The van der Waals surface area contributed by atoms with Crippen LogP contribution in [-0.4, -0.2) is 50.1 Å². The molecule has 1 aliphatic rings. The van der Waals surface area contributed by atoms with Gasteiger partial charge in [-0.2, -0.15) is 0 Å². The number of amides is 1. The minimum Gasteiger partial charge on any atom is -0.354 e. The molecule has 4 heteroatoms. The van der Waals surface area contributed by atoms with Crippen LogP contribution in [0, 0.1) is 6.92 Å². The number of likely N-dealkylation sites (N-methyl/N-ethyl adjacent to an activating group) is 2. The Morgan fingerprint density at radius 2 is 2.16 bits per heavy atom. The van der Waals surface area contributed by atoms with E-state index in [1.54, 1.807) is 0 Å². The van der Waals surface area contributed by atoms with E-state index in [1.807, 2.05) is 19.0 Å². The number of carbonyl (C=O) groups is 1. The maximum Gasteiger partial charge on any atom is 0.246 e. The molecule has 0 radical (unpaired) electrons. The fraction of sp³-hybridized carbons (Fsp3) is 0.533. The van der Waals surface area contributed by atoms with Crippen molar-refractivity contribution in [1.29, 1.82) is 0 Å². The second kappa shape index (κ2) is 5.61. The maximum atomic E-state index is 12.4. The van der Waals surface area contributed by atoms with E-state index in [0.717, 1.165) is 12.2 Å². The van der Waals surface area contributed by atoms with Gasteiger partial charge >= 0.3 is 0 Å². The molecule has 104 valence electrons. The Kier molecular flexibility index (Phi) is 4.10. The van der Waals surface area contributed by atoms with Crippen LogP contribution in [0.15, 0.2) is 24.3 Å². The Morgan fingerprint density at radius 3 is 2.79 bits per heavy atom. The molecular formula is C15H23N3O. The third kappa shape index (κ3) is 2.73. The maximum absolute atomic E-state index is 12.4. The topological polar surface area (TPSA) is 35.6 Å². The summed E-state index contributed by atoms with van der Waals surface area (Å²) in [5.41, 5.74) is 2.36. The molecular weight excluding hydrogens is 238 g/mol. The zero-order chi connectivity index (χ0) is 14.0. The van der Waals surface area contributed by atoms with Crippen LogP contribution in [0.2, 0.25) is 0 Å². The van der Waals surface area contributed by atoms with Crippen molar-refractivity contribution in [3.05, 3.63) is 29.8 Å². The van der Waals surface area contributed by atoms with Gasteiger partial charge in [-0.15, -0.1) is 0 Å². The average Bonchev–Trinajstić information content (AvgIpc) is 2.36. The monoisotopic (exact) mass is 261 g/mol. The third-order valence-corrected chi connectivity index (χ3v) is 3.71. The molecule has 2 atom stereocenters. The first-order valence-corrected chi connectivity index (χ1v) is 6.79. The zero-order valence-corrected chi connectivity index (χ0v) is 12.2. The molecule has 0 spiro atoms. The average molecular weight is 261 g/mol. The molecule has 0 bridgehead atoms. The van der Waals surface area contributed by atoms with Gasteiger partial charge in [0, 0.05) is 31.9 Å². The number of anilines is 1. The number of nitrogens with one attached hydrogen (secondary N) is 1. The van der Waals surface area contributed by atoms with Gasteiger partial charge < -0.3 is 15.1 Å². The quantitative estimate of drug-likeness (QED) is 0.889. The molecule has 1 amide bonds. The summed E-state index contributed by atoms with van der Waals surface area (Å²) in [5, 5.41) is 3.13. The lowest BCUT2D eigenvalue weighted by molar-refractivity contribution is -0.133. The standard InChI is InChI=1S/C15H23N3O/c1-11-6-5-7-13(8-11)18-12(2)10-17(4)15(19)14(18)9-16-3/h5-8,12,14,16H,9-10H2,1-4H3. The summed E-state index contributed by atoms with van der Waals surface area (Å²) in [6, 6.07) is 8.57. The number of aryl methyl sites for hydroxylation is 1. The number of rotatable bonds is 3. The molecule has 1 aromatic carbocycles. The van der Waals surface area contributed by atoms with Gasteiger partial charge in [-0.3, -0.25) is 4.79 Å². The predicted molar refractivity (Wildman–Crippen MR) is 78.5 cm³/mol. The summed E-state index contributed by atoms with van der Waals surface area (Å²) in [6.45, 7) is 5.70. The highest BCUT2D eigenvalue weighted by molar-refractivity contribution is 5.87. The summed E-state index contributed by atoms with van der Waals surface area (Å²) < 4.78 is 0. The van der Waals surface area contributed by atoms with Crippen LogP contribution in [0.3, 0.4) is 0 Å². The Hall–Kier alpha value is -1.55. The molecule has 2 unspecified atom stereocenters. The van der Waals surface area contributed by atoms with Crippen molar-refractivity contribution in [2.24, 2.45) is 0 Å². The number of hydrogen-bond acceptors (Lipinski definition) is 3. The summed E-state index contributed by atoms with van der Waals surface area (Å²) in [5.74, 6) is 0.189. The number of nitrogens with zero attached hydrogens (tertiary/aromatic N) is 2. The molecule has 1 N–H and O–H groups in total. The van der Waals surface area contributed by atoms with Gasteiger partial charge in [-0.1, -0.05) is 12.1 Å². The van der Waals surface area contributed by atoms with E-state index in [4.69, 9.17) is 0 Å². The van der Waals surface area contributed by atoms with E-state index in [2.05, 4.69) is 48.3 Å². The molecule has 1 aliphatic heterocycles. The first-order chi connectivity index (χ1) is 9.04. The molecule has 1 saturated heterocycles. The lowest BCUT2D eigenvalue weighted by Gasteiger charge is -2.45. The normalized spacial score (nSPS) is 23.9. The van der Waals surface area contributed by atoms with Crippen molar-refractivity contribution in [1.82, 2.24) is 10.2 Å². The third-order valence-electron chi connectivity index (χ3n) is 3.71. The van der Waals surface area contributed by atoms with E-state index < -0.39 is 0 Å². The van der Waals surface area contributed by atoms with E-state index in [-0.39, 0.29) is 11.9 Å². The first-order valence-electron chi connectivity index (χ1n) is 6.79. The van der Waals surface area contributed by atoms with Gasteiger partial charge in [-0.05, 0) is 38.6 Å². The van der Waals surface area contributed by atoms with Crippen LogP contribution in [0.5, 0.6) is 0 Å². The van der Waals surface area contributed by atoms with Crippen LogP contribution in [0.25, 0.3) is 0 Å². The molecule has 2 rings (SSSR count). The van der Waals surface area contributed by atoms with E-state index in [1.165, 1.54) is 5.56 Å². The SMILES string of the molecule is CNCC1C(=O)N(C)CC(C)N1c1cccc(C)c1. The first kappa shape index (κ1) is 13.9. The van der Waals surface area contributed by atoms with Gasteiger partial charge in [0.15, 0.2) is 0 Å². The Balaban J connectivity index is 2.36. The van der Waals surface area contributed by atoms with Crippen LogP contribution in [-0.2, 0) is 4.79 Å². The molecule has 1 fully saturated rings. The van der Waals surface area contributed by atoms with Gasteiger partial charge in [0.1, 0.15) is 6.04 Å². The highest BCUT2D eigenvalue weighted by Gasteiger charge is 2.36. The van der Waals surface area contributed by atoms with Crippen molar-refractivity contribution < 1.29 is 4.79 Å². The summed E-state index contributed by atoms with van der Waals surface area (Å²) >= 11 is 0. The van der Waals surface area contributed by atoms with Crippen LogP contribution >= 0.6 is 0 Å². The van der Waals surface area contributed by atoms with E-state index >= 15 is 0 Å². The fourth-order valence-corrected chi connectivity index (χ4v) is 2.86. The molecule has 1 heterocycles. The Bertz CT molecular complexity index is 460. The highest BCUT2D eigenvalue weighted by atomic mass is 16.2. The molecule has 0 saturated carbocycles. The van der Waals surface area contributed by atoms with Gasteiger partial charge in [0.25, 0.3) is 0 Å². The summed E-state index contributed by atoms with van der Waals surface area (Å²) in [6.07, 6.45) is 0. The van der Waals surface area contributed by atoms with Crippen LogP contribution in [0.4, 0.5) is 5.69 Å². The largest absolute Gasteiger partial charge is 0.354 e. The Morgan fingerprint density at radius 1 is 1.42 bits per heavy atom. The van der Waals surface area contributed by atoms with Crippen molar-refractivity contribution in [2.75, 3.05) is 32.1 Å². The predicted octanol–water partition coefficient (Wildman–Crippen LogP) is 1.25. The summed E-state index contributed by atoms with van der Waals surface area (Å²) in [7, 11) is 3.77. The molecule has 1 aromatic rings. The van der Waals surface area contributed by atoms with Gasteiger partial charge in [0.05, 0.1) is 0 Å². The van der Waals surface area contributed by atoms with Crippen LogP contribution < -0.4 is 10.2 Å². The lowest BCUT2D eigenvalue weighted by atomic mass is 10.0. The number of hydrogen-bond donors (Lipinski definition) is 1. The molecule has 4 nitrogen and oxygen atoms in total. The fourth-order valence-electron chi connectivity index (χ4n) is 2.86. The summed E-state index contributed by atoms with van der Waals surface area (Å²) in [4.78, 5) is 16.4. The van der Waals surface area contributed by atoms with Crippen molar-refractivity contribution >= 4 is 11.6 Å². The smallest absolute Gasteiger partial charge is 0.246 e. The minimum absolute atomic E-state index is 0.124. The van der Waals surface area contributed by atoms with Crippen molar-refractivity contribution in [3.8, 4) is 0 Å². The lowest BCUT2D eigenvalue weighted by Crippen LogP contribution is -2.62. The van der Waals surface area contributed by atoms with Gasteiger partial charge in [0.2, 0.25) is 5.91 Å². The molecule has 0 aromatic heterocycles. The van der Waals surface area contributed by atoms with E-state index in [0.29, 0.717) is 12.6 Å². The molecule has 0 aliphatic carbocycles. The zero-order valence-electron chi connectivity index (χ0n) is 12.2. The highest BCUT2D eigenvalue weighted by Crippen LogP contribution is 2.25. The second-order valence-electron chi connectivity index (χ2n) is 5.39. The van der Waals surface area contributed by atoms with Crippen molar-refractivity contribution in [2.45, 2.75) is 25.9 Å². The van der Waals surface area contributed by atoms with Crippen molar-refractivity contribution in [3.63, 3.8) is 0 Å². The second-order valence-corrected chi connectivity index (χ2v) is 5.39. The Labute approximate surface area is 115 Å². The minimum atomic E-state index is -0.124. The van der Waals surface area contributed by atoms with Gasteiger partial charge in [-0.25, -0.2) is 0 Å². The number of piperazine rings is 1. The molecule has 19 heavy (non-hydrogen) atoms. The number of carbonyl (C=O) groups excluding carboxylic acids is 1. The van der Waals surface area contributed by atoms with Crippen LogP contribution in [0.1, 0.15) is 12.5 Å². The number of benzene rings is 1.